The van der Waals surface area contributed by atoms with Crippen molar-refractivity contribution in [3.05, 3.63) is 112 Å². The molecule has 0 bridgehead atoms. The van der Waals surface area contributed by atoms with Gasteiger partial charge in [-0.15, -0.1) is 0 Å². The van der Waals surface area contributed by atoms with Crippen LogP contribution in [0.3, 0.4) is 0 Å². The SMILES string of the molecule is Cc1cc(/C=N/NC(=O)c2cccnc2)c(C)n1-c1ccc(-c2ccc([N+](=O)[O-])cc2)cc1. The summed E-state index contributed by atoms with van der Waals surface area (Å²) in [4.78, 5) is 26.5. The van der Waals surface area contributed by atoms with Crippen LogP contribution in [0.1, 0.15) is 27.3 Å². The van der Waals surface area contributed by atoms with Gasteiger partial charge in [-0.05, 0) is 67.4 Å². The molecule has 0 spiro atoms. The number of carbonyl (C=O) groups excluding carboxylic acids is 1. The van der Waals surface area contributed by atoms with Gasteiger partial charge >= 0.3 is 0 Å². The Bertz CT molecular complexity index is 1330. The van der Waals surface area contributed by atoms with Gasteiger partial charge in [0.2, 0.25) is 0 Å². The van der Waals surface area contributed by atoms with Crippen LogP contribution in [0.15, 0.2) is 84.2 Å². The van der Waals surface area contributed by atoms with E-state index in [0.29, 0.717) is 5.56 Å². The number of rotatable bonds is 6. The normalized spacial score (nSPS) is 11.0. The van der Waals surface area contributed by atoms with Gasteiger partial charge in [-0.2, -0.15) is 5.10 Å². The molecule has 2 aromatic heterocycles. The van der Waals surface area contributed by atoms with Gasteiger partial charge in [-0.3, -0.25) is 19.9 Å². The second kappa shape index (κ2) is 9.27. The summed E-state index contributed by atoms with van der Waals surface area (Å²) < 4.78 is 2.10. The van der Waals surface area contributed by atoms with E-state index in [1.54, 1.807) is 36.7 Å². The van der Waals surface area contributed by atoms with Gasteiger partial charge in [0.1, 0.15) is 0 Å². The lowest BCUT2D eigenvalue weighted by molar-refractivity contribution is -0.384. The third kappa shape index (κ3) is 4.69. The molecule has 0 saturated heterocycles. The number of aryl methyl sites for hydroxylation is 1. The number of hydrogen-bond acceptors (Lipinski definition) is 5. The highest BCUT2D eigenvalue weighted by atomic mass is 16.6. The van der Waals surface area contributed by atoms with Crippen molar-refractivity contribution in [1.82, 2.24) is 15.0 Å². The number of hydrogen-bond donors (Lipinski definition) is 1. The van der Waals surface area contributed by atoms with E-state index in [-0.39, 0.29) is 11.6 Å². The Kier molecular flexibility index (Phi) is 6.08. The Morgan fingerprint density at radius 2 is 1.73 bits per heavy atom. The van der Waals surface area contributed by atoms with Gasteiger partial charge < -0.3 is 4.57 Å². The van der Waals surface area contributed by atoms with E-state index in [1.807, 2.05) is 44.2 Å². The molecular weight excluding hydrogens is 418 g/mol. The molecule has 4 rings (SSSR count). The first-order chi connectivity index (χ1) is 15.9. The van der Waals surface area contributed by atoms with Gasteiger partial charge in [0.25, 0.3) is 11.6 Å². The fourth-order valence-electron chi connectivity index (χ4n) is 3.62. The van der Waals surface area contributed by atoms with Gasteiger partial charge in [0.15, 0.2) is 0 Å². The minimum absolute atomic E-state index is 0.0692. The Morgan fingerprint density at radius 3 is 2.33 bits per heavy atom. The molecule has 2 aromatic carbocycles. The van der Waals surface area contributed by atoms with E-state index >= 15 is 0 Å². The molecule has 0 aliphatic heterocycles. The monoisotopic (exact) mass is 439 g/mol. The molecule has 0 saturated carbocycles. The lowest BCUT2D eigenvalue weighted by Crippen LogP contribution is -2.17. The molecule has 0 fully saturated rings. The zero-order chi connectivity index (χ0) is 23.4. The maximum atomic E-state index is 12.1. The van der Waals surface area contributed by atoms with Crippen molar-refractivity contribution < 1.29 is 9.72 Å². The van der Waals surface area contributed by atoms with E-state index in [1.165, 1.54) is 18.3 Å². The van der Waals surface area contributed by atoms with Crippen molar-refractivity contribution in [1.29, 1.82) is 0 Å². The molecule has 4 aromatic rings. The smallest absolute Gasteiger partial charge is 0.272 e. The van der Waals surface area contributed by atoms with Crippen LogP contribution in [0.5, 0.6) is 0 Å². The Labute approximate surface area is 190 Å². The summed E-state index contributed by atoms with van der Waals surface area (Å²) >= 11 is 0. The maximum Gasteiger partial charge on any atom is 0.272 e. The minimum atomic E-state index is -0.407. The van der Waals surface area contributed by atoms with Crippen molar-refractivity contribution >= 4 is 17.8 Å². The Balaban J connectivity index is 1.51. The van der Waals surface area contributed by atoms with Crippen LogP contribution in [0.4, 0.5) is 5.69 Å². The van der Waals surface area contributed by atoms with E-state index in [4.69, 9.17) is 0 Å². The van der Waals surface area contributed by atoms with Crippen LogP contribution in [-0.4, -0.2) is 26.6 Å². The number of nitrogens with zero attached hydrogens (tertiary/aromatic N) is 4. The van der Waals surface area contributed by atoms with Crippen LogP contribution < -0.4 is 5.43 Å². The van der Waals surface area contributed by atoms with E-state index in [9.17, 15) is 14.9 Å². The number of nitro groups is 1. The molecule has 0 aliphatic rings. The van der Waals surface area contributed by atoms with Crippen molar-refractivity contribution in [2.75, 3.05) is 0 Å². The van der Waals surface area contributed by atoms with Crippen molar-refractivity contribution in [2.45, 2.75) is 13.8 Å². The average molecular weight is 439 g/mol. The zero-order valence-electron chi connectivity index (χ0n) is 18.1. The summed E-state index contributed by atoms with van der Waals surface area (Å²) in [5, 5.41) is 14.9. The zero-order valence-corrected chi connectivity index (χ0v) is 18.1. The van der Waals surface area contributed by atoms with Crippen LogP contribution in [0.25, 0.3) is 16.8 Å². The van der Waals surface area contributed by atoms with Crippen molar-refractivity contribution in [2.24, 2.45) is 5.10 Å². The number of nitrogens with one attached hydrogen (secondary N) is 1. The van der Waals surface area contributed by atoms with E-state index in [0.717, 1.165) is 33.8 Å². The molecule has 1 N–H and O–H groups in total. The third-order valence-corrected chi connectivity index (χ3v) is 5.30. The van der Waals surface area contributed by atoms with Gasteiger partial charge in [-0.1, -0.05) is 12.1 Å². The van der Waals surface area contributed by atoms with Gasteiger partial charge in [0.05, 0.1) is 16.7 Å². The summed E-state index contributed by atoms with van der Waals surface area (Å²) in [6, 6.07) is 19.8. The lowest BCUT2D eigenvalue weighted by atomic mass is 10.0. The number of benzene rings is 2. The van der Waals surface area contributed by atoms with Crippen LogP contribution in [0.2, 0.25) is 0 Å². The number of non-ortho nitro benzene ring substituents is 1. The standard InChI is InChI=1S/C25H21N5O3/c1-17-14-22(16-27-28-25(31)21-4-3-13-26-15-21)18(2)29(17)23-9-5-19(6-10-23)20-7-11-24(12-8-20)30(32)33/h3-16H,1-2H3,(H,28,31)/b27-16+. The van der Waals surface area contributed by atoms with Crippen LogP contribution in [0, 0.1) is 24.0 Å². The lowest BCUT2D eigenvalue weighted by Gasteiger charge is -2.11. The van der Waals surface area contributed by atoms with Crippen LogP contribution >= 0.6 is 0 Å². The molecule has 0 atom stereocenters. The highest BCUT2D eigenvalue weighted by molar-refractivity contribution is 5.94. The summed E-state index contributed by atoms with van der Waals surface area (Å²) in [5.41, 5.74) is 8.78. The molecule has 0 radical (unpaired) electrons. The molecule has 33 heavy (non-hydrogen) atoms. The summed E-state index contributed by atoms with van der Waals surface area (Å²) in [6.07, 6.45) is 4.71. The quantitative estimate of drug-likeness (QED) is 0.264. The van der Waals surface area contributed by atoms with Gasteiger partial charge in [0, 0.05) is 47.2 Å². The predicted molar refractivity (Wildman–Crippen MR) is 127 cm³/mol. The molecule has 0 aliphatic carbocycles. The summed E-state index contributed by atoms with van der Waals surface area (Å²) in [7, 11) is 0. The fraction of sp³-hybridized carbons (Fsp3) is 0.0800. The molecule has 8 nitrogen and oxygen atoms in total. The first kappa shape index (κ1) is 21.6. The molecule has 164 valence electrons. The highest BCUT2D eigenvalue weighted by Crippen LogP contribution is 2.25. The molecule has 0 unspecified atom stereocenters. The molecule has 8 heteroatoms. The number of aromatic nitrogens is 2. The Hall–Kier alpha value is -4.59. The summed E-state index contributed by atoms with van der Waals surface area (Å²) in [6.45, 7) is 3.99. The fourth-order valence-corrected chi connectivity index (χ4v) is 3.62. The minimum Gasteiger partial charge on any atom is -0.318 e. The average Bonchev–Trinajstić information content (AvgIpc) is 3.12. The van der Waals surface area contributed by atoms with Crippen molar-refractivity contribution in [3.8, 4) is 16.8 Å². The third-order valence-electron chi connectivity index (χ3n) is 5.30. The number of amides is 1. The number of nitro benzene ring substituents is 1. The highest BCUT2D eigenvalue weighted by Gasteiger charge is 2.11. The van der Waals surface area contributed by atoms with Gasteiger partial charge in [-0.25, -0.2) is 5.43 Å². The topological polar surface area (TPSA) is 102 Å². The number of carbonyl (C=O) groups is 1. The molecule has 2 heterocycles. The summed E-state index contributed by atoms with van der Waals surface area (Å²) in [5.74, 6) is -0.324. The molecule has 1 amide bonds. The van der Waals surface area contributed by atoms with E-state index < -0.39 is 4.92 Å². The van der Waals surface area contributed by atoms with Crippen molar-refractivity contribution in [3.63, 3.8) is 0 Å². The maximum absolute atomic E-state index is 12.1. The second-order valence-electron chi connectivity index (χ2n) is 7.45. The largest absolute Gasteiger partial charge is 0.318 e. The first-order valence-electron chi connectivity index (χ1n) is 10.2. The Morgan fingerprint density at radius 1 is 1.06 bits per heavy atom. The van der Waals surface area contributed by atoms with E-state index in [2.05, 4.69) is 20.1 Å². The second-order valence-corrected chi connectivity index (χ2v) is 7.45. The number of hydrazone groups is 1. The molecular formula is C25H21N5O3. The number of pyridine rings is 1. The van der Waals surface area contributed by atoms with Crippen LogP contribution in [-0.2, 0) is 0 Å². The first-order valence-corrected chi connectivity index (χ1v) is 10.2. The predicted octanol–water partition coefficient (Wildman–Crippen LogP) is 4.83.